The SMILES string of the molecule is Cc1ccc(C2=CC(O)CN(S(=O)(=O)c3ccc(C)cc3)C2)cc1. The highest BCUT2D eigenvalue weighted by Crippen LogP contribution is 2.26. The number of nitrogens with zero attached hydrogens (tertiary/aromatic N) is 1. The predicted octanol–water partition coefficient (Wildman–Crippen LogP) is 2.75. The third kappa shape index (κ3) is 3.43. The zero-order valence-electron chi connectivity index (χ0n) is 13.8. The molecule has 0 aliphatic carbocycles. The first-order valence-electron chi connectivity index (χ1n) is 7.89. The van der Waals surface area contributed by atoms with Gasteiger partial charge in [0.15, 0.2) is 0 Å². The monoisotopic (exact) mass is 343 g/mol. The number of rotatable bonds is 3. The molecule has 1 unspecified atom stereocenters. The molecule has 0 aromatic heterocycles. The van der Waals surface area contributed by atoms with E-state index in [0.29, 0.717) is 0 Å². The van der Waals surface area contributed by atoms with E-state index >= 15 is 0 Å². The molecule has 0 spiro atoms. The average molecular weight is 343 g/mol. The molecule has 0 fully saturated rings. The van der Waals surface area contributed by atoms with Crippen molar-refractivity contribution in [2.45, 2.75) is 24.8 Å². The van der Waals surface area contributed by atoms with Gasteiger partial charge in [-0.05, 0) is 43.2 Å². The number of hydrogen-bond acceptors (Lipinski definition) is 3. The van der Waals surface area contributed by atoms with E-state index in [-0.39, 0.29) is 18.0 Å². The van der Waals surface area contributed by atoms with E-state index in [9.17, 15) is 13.5 Å². The highest BCUT2D eigenvalue weighted by atomic mass is 32.2. The Labute approximate surface area is 143 Å². The average Bonchev–Trinajstić information content (AvgIpc) is 2.55. The van der Waals surface area contributed by atoms with E-state index in [0.717, 1.165) is 22.3 Å². The van der Waals surface area contributed by atoms with Crippen molar-refractivity contribution >= 4 is 15.6 Å². The fourth-order valence-corrected chi connectivity index (χ4v) is 4.23. The normalized spacial score (nSPS) is 19.1. The van der Waals surface area contributed by atoms with Gasteiger partial charge in [0, 0.05) is 13.1 Å². The molecule has 3 rings (SSSR count). The van der Waals surface area contributed by atoms with Crippen LogP contribution in [0.3, 0.4) is 0 Å². The van der Waals surface area contributed by atoms with Gasteiger partial charge in [0.1, 0.15) is 0 Å². The number of aliphatic hydroxyl groups excluding tert-OH is 1. The van der Waals surface area contributed by atoms with Crippen LogP contribution in [0.15, 0.2) is 59.5 Å². The van der Waals surface area contributed by atoms with Crippen LogP contribution < -0.4 is 0 Å². The van der Waals surface area contributed by atoms with Crippen LogP contribution >= 0.6 is 0 Å². The van der Waals surface area contributed by atoms with E-state index in [1.165, 1.54) is 4.31 Å². The van der Waals surface area contributed by atoms with Gasteiger partial charge in [-0.25, -0.2) is 8.42 Å². The molecular weight excluding hydrogens is 322 g/mol. The Hall–Kier alpha value is -1.95. The smallest absolute Gasteiger partial charge is 0.243 e. The topological polar surface area (TPSA) is 57.6 Å². The Morgan fingerprint density at radius 2 is 1.50 bits per heavy atom. The molecule has 0 bridgehead atoms. The van der Waals surface area contributed by atoms with E-state index in [2.05, 4.69) is 0 Å². The molecule has 1 aliphatic heterocycles. The van der Waals surface area contributed by atoms with Crippen molar-refractivity contribution in [1.82, 2.24) is 4.31 Å². The Balaban J connectivity index is 1.91. The highest BCUT2D eigenvalue weighted by molar-refractivity contribution is 7.89. The summed E-state index contributed by atoms with van der Waals surface area (Å²) in [5.41, 5.74) is 3.90. The van der Waals surface area contributed by atoms with Gasteiger partial charge in [-0.3, -0.25) is 0 Å². The zero-order chi connectivity index (χ0) is 17.3. The Morgan fingerprint density at radius 3 is 2.08 bits per heavy atom. The van der Waals surface area contributed by atoms with Crippen molar-refractivity contribution < 1.29 is 13.5 Å². The molecule has 2 aromatic rings. The van der Waals surface area contributed by atoms with Gasteiger partial charge in [0.2, 0.25) is 10.0 Å². The number of hydrogen-bond donors (Lipinski definition) is 1. The fraction of sp³-hybridized carbons (Fsp3) is 0.263. The predicted molar refractivity (Wildman–Crippen MR) is 95.1 cm³/mol. The lowest BCUT2D eigenvalue weighted by Crippen LogP contribution is -2.41. The van der Waals surface area contributed by atoms with Gasteiger partial charge in [0.05, 0.1) is 11.0 Å². The summed E-state index contributed by atoms with van der Waals surface area (Å²) in [5.74, 6) is 0. The summed E-state index contributed by atoms with van der Waals surface area (Å²) in [6.45, 7) is 4.25. The van der Waals surface area contributed by atoms with E-state index in [1.807, 2.05) is 38.1 Å². The van der Waals surface area contributed by atoms with Crippen molar-refractivity contribution in [2.24, 2.45) is 0 Å². The summed E-state index contributed by atoms with van der Waals surface area (Å²) in [6.07, 6.45) is 0.932. The van der Waals surface area contributed by atoms with Crippen molar-refractivity contribution in [3.63, 3.8) is 0 Å². The van der Waals surface area contributed by atoms with Crippen LogP contribution in [-0.2, 0) is 10.0 Å². The van der Waals surface area contributed by atoms with Gasteiger partial charge < -0.3 is 5.11 Å². The van der Waals surface area contributed by atoms with Crippen LogP contribution in [0, 0.1) is 13.8 Å². The second-order valence-corrected chi connectivity index (χ2v) is 8.17. The minimum atomic E-state index is -3.63. The van der Waals surface area contributed by atoms with Gasteiger partial charge in [-0.15, -0.1) is 0 Å². The number of aryl methyl sites for hydroxylation is 2. The lowest BCUT2D eigenvalue weighted by molar-refractivity contribution is 0.186. The molecule has 0 radical (unpaired) electrons. The van der Waals surface area contributed by atoms with E-state index < -0.39 is 16.1 Å². The highest BCUT2D eigenvalue weighted by Gasteiger charge is 2.30. The number of benzene rings is 2. The van der Waals surface area contributed by atoms with Crippen molar-refractivity contribution in [1.29, 1.82) is 0 Å². The maximum absolute atomic E-state index is 12.9. The quantitative estimate of drug-likeness (QED) is 0.932. The third-order valence-electron chi connectivity index (χ3n) is 4.21. The molecule has 24 heavy (non-hydrogen) atoms. The standard InChI is InChI=1S/C19H21NO3S/c1-14-3-7-16(8-4-14)17-11-18(21)13-20(12-17)24(22,23)19-9-5-15(2)6-10-19/h3-11,18,21H,12-13H2,1-2H3. The van der Waals surface area contributed by atoms with E-state index in [4.69, 9.17) is 0 Å². The van der Waals surface area contributed by atoms with Gasteiger partial charge in [0.25, 0.3) is 0 Å². The molecule has 1 N–H and O–H groups in total. The Kier molecular flexibility index (Phi) is 4.58. The summed E-state index contributed by atoms with van der Waals surface area (Å²) in [6, 6.07) is 14.7. The Bertz CT molecular complexity index is 852. The summed E-state index contributed by atoms with van der Waals surface area (Å²) < 4.78 is 27.1. The first-order valence-corrected chi connectivity index (χ1v) is 9.33. The van der Waals surface area contributed by atoms with Crippen molar-refractivity contribution in [2.75, 3.05) is 13.1 Å². The maximum Gasteiger partial charge on any atom is 0.243 e. The summed E-state index contributed by atoms with van der Waals surface area (Å²) in [5, 5.41) is 10.1. The van der Waals surface area contributed by atoms with Crippen LogP contribution in [0.2, 0.25) is 0 Å². The van der Waals surface area contributed by atoms with Crippen molar-refractivity contribution in [3.8, 4) is 0 Å². The number of aliphatic hydroxyl groups is 1. The van der Waals surface area contributed by atoms with Crippen LogP contribution in [0.25, 0.3) is 5.57 Å². The van der Waals surface area contributed by atoms with Gasteiger partial charge >= 0.3 is 0 Å². The molecular formula is C19H21NO3S. The maximum atomic E-state index is 12.9. The molecule has 126 valence electrons. The molecule has 1 aliphatic rings. The molecule has 1 atom stereocenters. The Morgan fingerprint density at radius 1 is 0.958 bits per heavy atom. The summed E-state index contributed by atoms with van der Waals surface area (Å²) in [7, 11) is -3.63. The second kappa shape index (κ2) is 6.51. The molecule has 1 heterocycles. The third-order valence-corrected chi connectivity index (χ3v) is 6.04. The molecule has 0 saturated heterocycles. The zero-order valence-corrected chi connectivity index (χ0v) is 14.6. The van der Waals surface area contributed by atoms with Crippen LogP contribution in [0.1, 0.15) is 16.7 Å². The summed E-state index contributed by atoms with van der Waals surface area (Å²) >= 11 is 0. The first kappa shape index (κ1) is 16.9. The molecule has 4 nitrogen and oxygen atoms in total. The van der Waals surface area contributed by atoms with Gasteiger partial charge in [-0.1, -0.05) is 47.5 Å². The van der Waals surface area contributed by atoms with E-state index in [1.54, 1.807) is 30.3 Å². The first-order chi connectivity index (χ1) is 11.4. The molecule has 5 heteroatoms. The van der Waals surface area contributed by atoms with Crippen LogP contribution in [-0.4, -0.2) is 37.0 Å². The molecule has 2 aromatic carbocycles. The van der Waals surface area contributed by atoms with Crippen molar-refractivity contribution in [3.05, 3.63) is 71.3 Å². The minimum Gasteiger partial charge on any atom is -0.388 e. The number of sulfonamides is 1. The lowest BCUT2D eigenvalue weighted by Gasteiger charge is -2.29. The lowest BCUT2D eigenvalue weighted by atomic mass is 10.0. The minimum absolute atomic E-state index is 0.0750. The summed E-state index contributed by atoms with van der Waals surface area (Å²) in [4.78, 5) is 0.255. The fourth-order valence-electron chi connectivity index (χ4n) is 2.80. The van der Waals surface area contributed by atoms with Crippen LogP contribution in [0.5, 0.6) is 0 Å². The second-order valence-electron chi connectivity index (χ2n) is 6.24. The largest absolute Gasteiger partial charge is 0.388 e. The number of β-amino-alcohol motifs (C(OH)–C–C–N with tert-alkyl or cyclic N) is 1. The van der Waals surface area contributed by atoms with Crippen LogP contribution in [0.4, 0.5) is 0 Å². The molecule has 0 amide bonds. The molecule has 0 saturated carbocycles. The van der Waals surface area contributed by atoms with Gasteiger partial charge in [-0.2, -0.15) is 4.31 Å².